The van der Waals surface area contributed by atoms with Crippen molar-refractivity contribution in [1.29, 1.82) is 0 Å². The topological polar surface area (TPSA) is 89.5 Å². The highest BCUT2D eigenvalue weighted by atomic mass is 16.5. The first kappa shape index (κ1) is 24.8. The van der Waals surface area contributed by atoms with E-state index in [2.05, 4.69) is 15.6 Å². The molecule has 0 spiro atoms. The lowest BCUT2D eigenvalue weighted by Gasteiger charge is -2.24. The summed E-state index contributed by atoms with van der Waals surface area (Å²) in [6, 6.07) is 15.6. The van der Waals surface area contributed by atoms with Crippen LogP contribution in [-0.2, 0) is 6.61 Å². The van der Waals surface area contributed by atoms with Gasteiger partial charge in [0, 0.05) is 40.3 Å². The van der Waals surface area contributed by atoms with Crippen molar-refractivity contribution < 1.29 is 19.1 Å². The van der Waals surface area contributed by atoms with Crippen LogP contribution < -0.4 is 20.1 Å². The van der Waals surface area contributed by atoms with Gasteiger partial charge < -0.3 is 20.1 Å². The number of amides is 2. The van der Waals surface area contributed by atoms with Crippen molar-refractivity contribution in [2.75, 3.05) is 11.9 Å². The first-order valence-electron chi connectivity index (χ1n) is 11.3. The molecule has 0 atom stereocenters. The summed E-state index contributed by atoms with van der Waals surface area (Å²) in [5.74, 6) is 0.606. The number of carbonyl (C=O) groups is 2. The smallest absolute Gasteiger partial charge is 0.255 e. The number of hydrogen-bond donors (Lipinski definition) is 2. The molecule has 0 bridgehead atoms. The van der Waals surface area contributed by atoms with Crippen LogP contribution in [0.15, 0.2) is 67.0 Å². The van der Waals surface area contributed by atoms with Crippen LogP contribution in [0.25, 0.3) is 0 Å². The molecule has 0 unspecified atom stereocenters. The van der Waals surface area contributed by atoms with Crippen molar-refractivity contribution in [3.8, 4) is 11.5 Å². The molecule has 3 rings (SSSR count). The fourth-order valence-corrected chi connectivity index (χ4v) is 3.06. The molecule has 0 fully saturated rings. The van der Waals surface area contributed by atoms with Gasteiger partial charge in [0.25, 0.3) is 11.8 Å². The summed E-state index contributed by atoms with van der Waals surface area (Å²) in [7, 11) is 0. The number of carbonyl (C=O) groups excluding carboxylic acids is 2. The summed E-state index contributed by atoms with van der Waals surface area (Å²) in [5.41, 5.74) is 2.21. The van der Waals surface area contributed by atoms with E-state index >= 15 is 0 Å². The molecule has 7 nitrogen and oxygen atoms in total. The predicted octanol–water partition coefficient (Wildman–Crippen LogP) is 5.23. The van der Waals surface area contributed by atoms with Gasteiger partial charge in [-0.3, -0.25) is 14.6 Å². The van der Waals surface area contributed by atoms with Crippen molar-refractivity contribution in [2.45, 2.75) is 46.3 Å². The number of anilines is 1. The zero-order chi connectivity index (χ0) is 24.6. The molecule has 7 heteroatoms. The molecule has 0 aliphatic carbocycles. The Hall–Kier alpha value is -3.87. The molecule has 0 saturated heterocycles. The number of benzene rings is 2. The summed E-state index contributed by atoms with van der Waals surface area (Å²) < 4.78 is 11.6. The molecule has 0 aliphatic rings. The average Bonchev–Trinajstić information content (AvgIpc) is 2.84. The Labute approximate surface area is 200 Å². The molecule has 34 heavy (non-hydrogen) atoms. The lowest BCUT2D eigenvalue weighted by Crippen LogP contribution is -2.42. The van der Waals surface area contributed by atoms with E-state index in [1.807, 2.05) is 39.8 Å². The van der Waals surface area contributed by atoms with Crippen molar-refractivity contribution in [3.05, 3.63) is 83.7 Å². The molecule has 1 aromatic heterocycles. The van der Waals surface area contributed by atoms with Crippen LogP contribution in [-0.4, -0.2) is 28.9 Å². The van der Waals surface area contributed by atoms with E-state index in [0.29, 0.717) is 41.5 Å². The Morgan fingerprint density at radius 3 is 2.29 bits per heavy atom. The highest BCUT2D eigenvalue weighted by Gasteiger charge is 2.19. The van der Waals surface area contributed by atoms with Crippen molar-refractivity contribution in [2.24, 2.45) is 0 Å². The Bertz CT molecular complexity index is 1110. The first-order chi connectivity index (χ1) is 16.3. The van der Waals surface area contributed by atoms with E-state index < -0.39 is 0 Å². The first-order valence-corrected chi connectivity index (χ1v) is 11.3. The van der Waals surface area contributed by atoms with Gasteiger partial charge in [-0.2, -0.15) is 0 Å². The number of aromatic nitrogens is 1. The molecule has 1 heterocycles. The number of ether oxygens (including phenoxy) is 2. The minimum atomic E-state index is -0.288. The quantitative estimate of drug-likeness (QED) is 0.432. The third-order valence-corrected chi connectivity index (χ3v) is 5.36. The summed E-state index contributed by atoms with van der Waals surface area (Å²) in [6.45, 7) is 8.63. The normalized spacial score (nSPS) is 10.9. The fourth-order valence-electron chi connectivity index (χ4n) is 3.06. The van der Waals surface area contributed by atoms with Crippen LogP contribution in [0, 0.1) is 0 Å². The molecule has 2 N–H and O–H groups in total. The lowest BCUT2D eigenvalue weighted by molar-refractivity contribution is 0.0911. The number of nitrogens with zero attached hydrogens (tertiary/aromatic N) is 1. The zero-order valence-corrected chi connectivity index (χ0v) is 20.1. The van der Waals surface area contributed by atoms with Crippen LogP contribution in [0.1, 0.15) is 60.4 Å². The maximum absolute atomic E-state index is 12.8. The van der Waals surface area contributed by atoms with E-state index in [1.165, 1.54) is 0 Å². The van der Waals surface area contributed by atoms with Gasteiger partial charge in [0.05, 0.1) is 6.61 Å². The molecule has 0 aliphatic heterocycles. The Morgan fingerprint density at radius 2 is 1.65 bits per heavy atom. The number of rotatable bonds is 10. The van der Waals surface area contributed by atoms with Gasteiger partial charge >= 0.3 is 0 Å². The predicted molar refractivity (Wildman–Crippen MR) is 132 cm³/mol. The van der Waals surface area contributed by atoms with Crippen LogP contribution in [0.5, 0.6) is 11.5 Å². The molecule has 2 aromatic carbocycles. The molecule has 0 radical (unpaired) electrons. The molecule has 2 amide bonds. The molecule has 178 valence electrons. The Morgan fingerprint density at radius 1 is 0.912 bits per heavy atom. The molecule has 0 saturated carbocycles. The van der Waals surface area contributed by atoms with Crippen molar-refractivity contribution in [3.63, 3.8) is 0 Å². The van der Waals surface area contributed by atoms with Crippen molar-refractivity contribution in [1.82, 2.24) is 10.3 Å². The zero-order valence-electron chi connectivity index (χ0n) is 20.1. The summed E-state index contributed by atoms with van der Waals surface area (Å²) in [5, 5.41) is 5.85. The number of pyridine rings is 1. The summed E-state index contributed by atoms with van der Waals surface area (Å²) >= 11 is 0. The standard InChI is InChI=1S/C27H31N3O4/c1-5-27(3,4)30-26(32)20-9-12-22(13-10-20)29-25(31)21-11-14-23(24(16-21)33-6-2)34-18-19-8-7-15-28-17-19/h7-17H,5-6,18H2,1-4H3,(H,29,31)(H,30,32). The van der Waals surface area contributed by atoms with E-state index in [-0.39, 0.29) is 17.4 Å². The van der Waals surface area contributed by atoms with E-state index in [9.17, 15) is 9.59 Å². The minimum Gasteiger partial charge on any atom is -0.490 e. The third-order valence-electron chi connectivity index (χ3n) is 5.36. The maximum Gasteiger partial charge on any atom is 0.255 e. The van der Waals surface area contributed by atoms with Gasteiger partial charge in [0.1, 0.15) is 6.61 Å². The summed E-state index contributed by atoms with van der Waals surface area (Å²) in [4.78, 5) is 29.3. The fraction of sp³-hybridized carbons (Fsp3) is 0.296. The third kappa shape index (κ3) is 6.81. The molecule has 3 aromatic rings. The van der Waals surface area contributed by atoms with Gasteiger partial charge in [-0.05, 0) is 75.7 Å². The Kier molecular flexibility index (Phi) is 8.24. The van der Waals surface area contributed by atoms with Gasteiger partial charge in [0.15, 0.2) is 11.5 Å². The largest absolute Gasteiger partial charge is 0.490 e. The minimum absolute atomic E-state index is 0.145. The van der Waals surface area contributed by atoms with Crippen LogP contribution in [0.4, 0.5) is 5.69 Å². The number of nitrogens with one attached hydrogen (secondary N) is 2. The van der Waals surface area contributed by atoms with Gasteiger partial charge in [-0.1, -0.05) is 13.0 Å². The van der Waals surface area contributed by atoms with E-state index in [1.54, 1.807) is 54.9 Å². The Balaban J connectivity index is 1.67. The van der Waals surface area contributed by atoms with Crippen molar-refractivity contribution >= 4 is 17.5 Å². The molecular formula is C27H31N3O4. The lowest BCUT2D eigenvalue weighted by atomic mass is 10.0. The second-order valence-electron chi connectivity index (χ2n) is 8.47. The van der Waals surface area contributed by atoms with Gasteiger partial charge in [-0.15, -0.1) is 0 Å². The van der Waals surface area contributed by atoms with E-state index in [4.69, 9.17) is 9.47 Å². The average molecular weight is 462 g/mol. The van der Waals surface area contributed by atoms with Crippen LogP contribution >= 0.6 is 0 Å². The second-order valence-corrected chi connectivity index (χ2v) is 8.47. The highest BCUT2D eigenvalue weighted by Crippen LogP contribution is 2.29. The van der Waals surface area contributed by atoms with Crippen LogP contribution in [0.2, 0.25) is 0 Å². The van der Waals surface area contributed by atoms with Gasteiger partial charge in [-0.25, -0.2) is 0 Å². The second kappa shape index (κ2) is 11.3. The number of hydrogen-bond acceptors (Lipinski definition) is 5. The van der Waals surface area contributed by atoms with Gasteiger partial charge in [0.2, 0.25) is 0 Å². The highest BCUT2D eigenvalue weighted by molar-refractivity contribution is 6.05. The monoisotopic (exact) mass is 461 g/mol. The SMILES string of the molecule is CCOc1cc(C(=O)Nc2ccc(C(=O)NC(C)(C)CC)cc2)ccc1OCc1cccnc1. The molecular weight excluding hydrogens is 430 g/mol. The maximum atomic E-state index is 12.8. The van der Waals surface area contributed by atoms with E-state index in [0.717, 1.165) is 12.0 Å². The van der Waals surface area contributed by atoms with Crippen LogP contribution in [0.3, 0.4) is 0 Å². The summed E-state index contributed by atoms with van der Waals surface area (Å²) in [6.07, 6.45) is 4.27.